The summed E-state index contributed by atoms with van der Waals surface area (Å²) in [5, 5.41) is 0.282. The Bertz CT molecular complexity index is 620. The van der Waals surface area contributed by atoms with Crippen molar-refractivity contribution in [3.8, 4) is 11.6 Å². The number of halogens is 3. The van der Waals surface area contributed by atoms with Crippen molar-refractivity contribution in [2.24, 2.45) is 0 Å². The minimum Gasteiger partial charge on any atom is -0.438 e. The standard InChI is InChI=1S/C13H11ClF2N2O/c1-3-11-17-12(14)7(2)13(18-11)19-8-4-5-9(15)10(16)6-8/h4-6H,3H2,1-2H3. The topological polar surface area (TPSA) is 35.0 Å². The molecule has 0 saturated carbocycles. The van der Waals surface area contributed by atoms with Crippen molar-refractivity contribution in [3.05, 3.63) is 46.4 Å². The van der Waals surface area contributed by atoms with E-state index >= 15 is 0 Å². The summed E-state index contributed by atoms with van der Waals surface area (Å²) in [6.45, 7) is 3.57. The molecule has 3 nitrogen and oxygen atoms in total. The fourth-order valence-corrected chi connectivity index (χ4v) is 1.60. The highest BCUT2D eigenvalue weighted by molar-refractivity contribution is 6.30. The molecule has 0 aliphatic carbocycles. The van der Waals surface area contributed by atoms with E-state index in [0.29, 0.717) is 17.8 Å². The van der Waals surface area contributed by atoms with E-state index in [2.05, 4.69) is 9.97 Å². The van der Waals surface area contributed by atoms with E-state index in [-0.39, 0.29) is 16.8 Å². The lowest BCUT2D eigenvalue weighted by molar-refractivity contribution is 0.441. The molecule has 1 heterocycles. The quantitative estimate of drug-likeness (QED) is 0.797. The Morgan fingerprint density at radius 2 is 1.95 bits per heavy atom. The molecule has 0 bridgehead atoms. The fourth-order valence-electron chi connectivity index (χ4n) is 1.42. The van der Waals surface area contributed by atoms with Crippen molar-refractivity contribution in [2.75, 3.05) is 0 Å². The normalized spacial score (nSPS) is 10.6. The van der Waals surface area contributed by atoms with E-state index in [4.69, 9.17) is 16.3 Å². The van der Waals surface area contributed by atoms with Gasteiger partial charge >= 0.3 is 0 Å². The average molecular weight is 285 g/mol. The van der Waals surface area contributed by atoms with Crippen LogP contribution in [0.1, 0.15) is 18.3 Å². The number of benzene rings is 1. The summed E-state index contributed by atoms with van der Waals surface area (Å²) < 4.78 is 31.3. The molecule has 0 saturated heterocycles. The Balaban J connectivity index is 2.37. The zero-order valence-corrected chi connectivity index (χ0v) is 11.1. The van der Waals surface area contributed by atoms with Gasteiger partial charge in [0, 0.05) is 18.1 Å². The molecular weight excluding hydrogens is 274 g/mol. The lowest BCUT2D eigenvalue weighted by Crippen LogP contribution is -2.00. The molecule has 0 amide bonds. The molecule has 1 aromatic carbocycles. The van der Waals surface area contributed by atoms with Gasteiger partial charge in [0.15, 0.2) is 11.6 Å². The Hall–Kier alpha value is -1.75. The molecule has 0 N–H and O–H groups in total. The van der Waals surface area contributed by atoms with Gasteiger partial charge in [0.1, 0.15) is 16.7 Å². The van der Waals surface area contributed by atoms with Gasteiger partial charge in [-0.2, -0.15) is 4.98 Å². The van der Waals surface area contributed by atoms with E-state index in [1.807, 2.05) is 6.92 Å². The molecular formula is C13H11ClF2N2O. The maximum Gasteiger partial charge on any atom is 0.226 e. The SMILES string of the molecule is CCc1nc(Cl)c(C)c(Oc2ccc(F)c(F)c2)n1. The van der Waals surface area contributed by atoms with Crippen LogP contribution in [0.15, 0.2) is 18.2 Å². The number of aryl methyl sites for hydroxylation is 1. The number of hydrogen-bond donors (Lipinski definition) is 0. The number of hydrogen-bond acceptors (Lipinski definition) is 3. The predicted octanol–water partition coefficient (Wildman–Crippen LogP) is 4.07. The molecule has 6 heteroatoms. The van der Waals surface area contributed by atoms with Crippen LogP contribution in [0.4, 0.5) is 8.78 Å². The second-order valence-electron chi connectivity index (χ2n) is 3.89. The van der Waals surface area contributed by atoms with E-state index in [0.717, 1.165) is 12.1 Å². The molecule has 0 aliphatic rings. The number of nitrogens with zero attached hydrogens (tertiary/aromatic N) is 2. The van der Waals surface area contributed by atoms with Crippen LogP contribution in [0.2, 0.25) is 5.15 Å². The molecule has 100 valence electrons. The van der Waals surface area contributed by atoms with Crippen LogP contribution in [0.3, 0.4) is 0 Å². The van der Waals surface area contributed by atoms with Gasteiger partial charge in [0.25, 0.3) is 0 Å². The summed E-state index contributed by atoms with van der Waals surface area (Å²) in [7, 11) is 0. The van der Waals surface area contributed by atoms with Crippen molar-refractivity contribution in [1.82, 2.24) is 9.97 Å². The van der Waals surface area contributed by atoms with Crippen LogP contribution in [-0.4, -0.2) is 9.97 Å². The summed E-state index contributed by atoms with van der Waals surface area (Å²) in [6, 6.07) is 3.26. The Kier molecular flexibility index (Phi) is 3.95. The van der Waals surface area contributed by atoms with Crippen LogP contribution >= 0.6 is 11.6 Å². The van der Waals surface area contributed by atoms with Crippen LogP contribution in [0.25, 0.3) is 0 Å². The Labute approximate surface area is 114 Å². The summed E-state index contributed by atoms with van der Waals surface area (Å²) in [5.74, 6) is -1.00. The van der Waals surface area contributed by atoms with Crippen molar-refractivity contribution in [3.63, 3.8) is 0 Å². The van der Waals surface area contributed by atoms with Crippen LogP contribution in [0.5, 0.6) is 11.6 Å². The molecule has 0 radical (unpaired) electrons. The van der Waals surface area contributed by atoms with Gasteiger partial charge in [0.2, 0.25) is 5.88 Å². The third-order valence-electron chi connectivity index (χ3n) is 2.51. The summed E-state index contributed by atoms with van der Waals surface area (Å²) in [6.07, 6.45) is 0.591. The molecule has 1 aromatic heterocycles. The highest BCUT2D eigenvalue weighted by Gasteiger charge is 2.12. The van der Waals surface area contributed by atoms with Gasteiger partial charge in [-0.05, 0) is 19.1 Å². The minimum absolute atomic E-state index is 0.152. The molecule has 0 atom stereocenters. The van der Waals surface area contributed by atoms with E-state index in [1.54, 1.807) is 6.92 Å². The first-order valence-electron chi connectivity index (χ1n) is 5.67. The molecule has 0 unspecified atom stereocenters. The first kappa shape index (κ1) is 13.7. The van der Waals surface area contributed by atoms with Gasteiger partial charge < -0.3 is 4.74 Å². The van der Waals surface area contributed by atoms with Crippen molar-refractivity contribution in [1.29, 1.82) is 0 Å². The first-order valence-corrected chi connectivity index (χ1v) is 6.05. The zero-order valence-electron chi connectivity index (χ0n) is 10.4. The average Bonchev–Trinajstić information content (AvgIpc) is 2.39. The van der Waals surface area contributed by atoms with Gasteiger partial charge in [-0.3, -0.25) is 0 Å². The Morgan fingerprint density at radius 3 is 2.58 bits per heavy atom. The van der Waals surface area contributed by atoms with Gasteiger partial charge in [-0.25, -0.2) is 13.8 Å². The maximum atomic E-state index is 13.1. The van der Waals surface area contributed by atoms with Gasteiger partial charge in [0.05, 0.1) is 0 Å². The first-order chi connectivity index (χ1) is 9.01. The number of aromatic nitrogens is 2. The monoisotopic (exact) mass is 284 g/mol. The second-order valence-corrected chi connectivity index (χ2v) is 4.25. The second kappa shape index (κ2) is 5.48. The molecule has 0 aliphatic heterocycles. The smallest absolute Gasteiger partial charge is 0.226 e. The third kappa shape index (κ3) is 2.98. The largest absolute Gasteiger partial charge is 0.438 e. The third-order valence-corrected chi connectivity index (χ3v) is 2.88. The highest BCUT2D eigenvalue weighted by Crippen LogP contribution is 2.27. The molecule has 19 heavy (non-hydrogen) atoms. The lowest BCUT2D eigenvalue weighted by atomic mass is 10.3. The van der Waals surface area contributed by atoms with Gasteiger partial charge in [-0.15, -0.1) is 0 Å². The predicted molar refractivity (Wildman–Crippen MR) is 67.6 cm³/mol. The van der Waals surface area contributed by atoms with Crippen LogP contribution in [0, 0.1) is 18.6 Å². The fraction of sp³-hybridized carbons (Fsp3) is 0.231. The summed E-state index contributed by atoms with van der Waals surface area (Å²) in [4.78, 5) is 8.23. The van der Waals surface area contributed by atoms with E-state index in [1.165, 1.54) is 6.07 Å². The van der Waals surface area contributed by atoms with E-state index < -0.39 is 11.6 Å². The van der Waals surface area contributed by atoms with E-state index in [9.17, 15) is 8.78 Å². The zero-order chi connectivity index (χ0) is 14.0. The molecule has 0 fully saturated rings. The van der Waals surface area contributed by atoms with Crippen molar-refractivity contribution < 1.29 is 13.5 Å². The highest BCUT2D eigenvalue weighted by atomic mass is 35.5. The Morgan fingerprint density at radius 1 is 1.21 bits per heavy atom. The number of rotatable bonds is 3. The minimum atomic E-state index is -0.981. The molecule has 2 aromatic rings. The summed E-state index contributed by atoms with van der Waals surface area (Å²) in [5.41, 5.74) is 0.545. The molecule has 2 rings (SSSR count). The van der Waals surface area contributed by atoms with Crippen LogP contribution < -0.4 is 4.74 Å². The maximum absolute atomic E-state index is 13.1. The lowest BCUT2D eigenvalue weighted by Gasteiger charge is -2.10. The summed E-state index contributed by atoms with van der Waals surface area (Å²) >= 11 is 5.96. The van der Waals surface area contributed by atoms with Crippen molar-refractivity contribution in [2.45, 2.75) is 20.3 Å². The van der Waals surface area contributed by atoms with Crippen LogP contribution in [-0.2, 0) is 6.42 Å². The van der Waals surface area contributed by atoms with Gasteiger partial charge in [-0.1, -0.05) is 18.5 Å². The molecule has 0 spiro atoms. The van der Waals surface area contributed by atoms with Crippen molar-refractivity contribution >= 4 is 11.6 Å². The number of ether oxygens (including phenoxy) is 1.